The van der Waals surface area contributed by atoms with Crippen molar-refractivity contribution in [2.45, 2.75) is 46.4 Å². The molecular formula is C26H27F3N2O4. The maximum Gasteiger partial charge on any atom is 0.573 e. The number of halogens is 3. The summed E-state index contributed by atoms with van der Waals surface area (Å²) in [5.74, 6) is -0.476. The van der Waals surface area contributed by atoms with Crippen LogP contribution in [0.3, 0.4) is 0 Å². The zero-order chi connectivity index (χ0) is 26.0. The number of aryl methyl sites for hydroxylation is 2. The standard InChI is InChI=1S/C26H27F3N2O4/c1-15-11-17(25(3,4)5)13-22(23(15)24(32)31-18-9-10-30-16(2)12-18)34-20-8-7-19(14-21(20)33-6)35-26(27,28)29/h7-14H,1-6H3,(H,30,31,32). The van der Waals surface area contributed by atoms with Gasteiger partial charge >= 0.3 is 6.36 Å². The van der Waals surface area contributed by atoms with Crippen molar-refractivity contribution in [3.8, 4) is 23.0 Å². The third-order valence-corrected chi connectivity index (χ3v) is 5.14. The predicted octanol–water partition coefficient (Wildman–Crippen LogP) is 6.95. The number of amides is 1. The Morgan fingerprint density at radius 3 is 2.26 bits per heavy atom. The minimum atomic E-state index is -4.85. The molecule has 3 aromatic rings. The van der Waals surface area contributed by atoms with Crippen LogP contribution in [0.2, 0.25) is 0 Å². The molecule has 1 heterocycles. The molecule has 35 heavy (non-hydrogen) atoms. The fraction of sp³-hybridized carbons (Fsp3) is 0.308. The van der Waals surface area contributed by atoms with Gasteiger partial charge in [0.15, 0.2) is 11.5 Å². The Balaban J connectivity index is 2.05. The van der Waals surface area contributed by atoms with Crippen LogP contribution in [0, 0.1) is 13.8 Å². The number of benzene rings is 2. The normalized spacial score (nSPS) is 11.7. The number of carbonyl (C=O) groups is 1. The quantitative estimate of drug-likeness (QED) is 0.407. The van der Waals surface area contributed by atoms with Crippen LogP contribution in [0.5, 0.6) is 23.0 Å². The number of carbonyl (C=O) groups excluding carboxylic acids is 1. The van der Waals surface area contributed by atoms with E-state index in [2.05, 4.69) is 15.0 Å². The van der Waals surface area contributed by atoms with Gasteiger partial charge in [-0.15, -0.1) is 13.2 Å². The Bertz CT molecular complexity index is 1230. The number of hydrogen-bond donors (Lipinski definition) is 1. The van der Waals surface area contributed by atoms with Crippen molar-refractivity contribution in [3.63, 3.8) is 0 Å². The second-order valence-corrected chi connectivity index (χ2v) is 9.02. The molecule has 2 aromatic carbocycles. The molecule has 0 aliphatic carbocycles. The zero-order valence-electron chi connectivity index (χ0n) is 20.3. The van der Waals surface area contributed by atoms with Crippen LogP contribution in [0.25, 0.3) is 0 Å². The molecule has 0 aliphatic heterocycles. The number of methoxy groups -OCH3 is 1. The van der Waals surface area contributed by atoms with Gasteiger partial charge < -0.3 is 19.5 Å². The lowest BCUT2D eigenvalue weighted by atomic mass is 9.85. The molecule has 0 saturated carbocycles. The first-order valence-corrected chi connectivity index (χ1v) is 10.8. The highest BCUT2D eigenvalue weighted by atomic mass is 19.4. The van der Waals surface area contributed by atoms with Crippen LogP contribution in [-0.4, -0.2) is 24.4 Å². The molecule has 0 spiro atoms. The molecule has 3 rings (SSSR count). The van der Waals surface area contributed by atoms with Gasteiger partial charge in [0.05, 0.1) is 12.7 Å². The lowest BCUT2D eigenvalue weighted by Crippen LogP contribution is -2.18. The number of pyridine rings is 1. The summed E-state index contributed by atoms with van der Waals surface area (Å²) in [6.45, 7) is 9.68. The summed E-state index contributed by atoms with van der Waals surface area (Å²) < 4.78 is 53.2. The third-order valence-electron chi connectivity index (χ3n) is 5.14. The first-order chi connectivity index (χ1) is 16.3. The molecule has 0 unspecified atom stereocenters. The van der Waals surface area contributed by atoms with Gasteiger partial charge in [-0.25, -0.2) is 0 Å². The molecule has 9 heteroatoms. The van der Waals surface area contributed by atoms with Crippen LogP contribution in [0.1, 0.15) is 48.0 Å². The molecule has 1 aromatic heterocycles. The van der Waals surface area contributed by atoms with E-state index in [1.165, 1.54) is 13.2 Å². The fourth-order valence-corrected chi connectivity index (χ4v) is 3.42. The van der Waals surface area contributed by atoms with Gasteiger partial charge in [-0.2, -0.15) is 0 Å². The van der Waals surface area contributed by atoms with Crippen molar-refractivity contribution in [1.82, 2.24) is 4.98 Å². The van der Waals surface area contributed by atoms with Crippen molar-refractivity contribution >= 4 is 11.6 Å². The smallest absolute Gasteiger partial charge is 0.493 e. The predicted molar refractivity (Wildman–Crippen MR) is 127 cm³/mol. The highest BCUT2D eigenvalue weighted by Gasteiger charge is 2.31. The van der Waals surface area contributed by atoms with Crippen molar-refractivity contribution in [1.29, 1.82) is 0 Å². The van der Waals surface area contributed by atoms with Crippen molar-refractivity contribution in [2.24, 2.45) is 0 Å². The largest absolute Gasteiger partial charge is 0.573 e. The number of nitrogens with one attached hydrogen (secondary N) is 1. The molecule has 0 fully saturated rings. The van der Waals surface area contributed by atoms with Crippen LogP contribution in [0.15, 0.2) is 48.7 Å². The zero-order valence-corrected chi connectivity index (χ0v) is 20.3. The van der Waals surface area contributed by atoms with Crippen LogP contribution >= 0.6 is 0 Å². The Morgan fingerprint density at radius 2 is 1.66 bits per heavy atom. The summed E-state index contributed by atoms with van der Waals surface area (Å²) in [6.07, 6.45) is -3.25. The molecule has 0 radical (unpaired) electrons. The minimum absolute atomic E-state index is 0.0154. The topological polar surface area (TPSA) is 69.7 Å². The first kappa shape index (κ1) is 25.9. The summed E-state index contributed by atoms with van der Waals surface area (Å²) in [6, 6.07) is 10.6. The lowest BCUT2D eigenvalue weighted by molar-refractivity contribution is -0.274. The van der Waals surface area contributed by atoms with Crippen molar-refractivity contribution in [3.05, 3.63) is 71.0 Å². The number of anilines is 1. The van der Waals surface area contributed by atoms with E-state index in [-0.39, 0.29) is 28.2 Å². The lowest BCUT2D eigenvalue weighted by Gasteiger charge is -2.23. The molecule has 186 valence electrons. The maximum atomic E-state index is 13.3. The summed E-state index contributed by atoms with van der Waals surface area (Å²) in [7, 11) is 1.30. The van der Waals surface area contributed by atoms with E-state index in [9.17, 15) is 18.0 Å². The molecule has 0 saturated heterocycles. The van der Waals surface area contributed by atoms with Crippen molar-refractivity contribution < 1.29 is 32.2 Å². The molecule has 0 atom stereocenters. The molecule has 1 amide bonds. The minimum Gasteiger partial charge on any atom is -0.493 e. The van der Waals surface area contributed by atoms with E-state index in [0.717, 1.165) is 23.4 Å². The maximum absolute atomic E-state index is 13.3. The Hall–Kier alpha value is -3.75. The second kappa shape index (κ2) is 9.85. The van der Waals surface area contributed by atoms with Gasteiger partial charge in [-0.1, -0.05) is 26.8 Å². The van der Waals surface area contributed by atoms with Gasteiger partial charge in [-0.3, -0.25) is 9.78 Å². The van der Waals surface area contributed by atoms with E-state index in [1.807, 2.05) is 33.8 Å². The second-order valence-electron chi connectivity index (χ2n) is 9.02. The number of ether oxygens (including phenoxy) is 3. The summed E-state index contributed by atoms with van der Waals surface area (Å²) in [5, 5.41) is 2.85. The SMILES string of the molecule is COc1cc(OC(F)(F)F)ccc1Oc1cc(C(C)(C)C)cc(C)c1C(=O)Nc1ccnc(C)c1. The highest BCUT2D eigenvalue weighted by Crippen LogP contribution is 2.40. The van der Waals surface area contributed by atoms with Crippen LogP contribution < -0.4 is 19.5 Å². The number of nitrogens with zero attached hydrogens (tertiary/aromatic N) is 1. The Labute approximate surface area is 202 Å². The fourth-order valence-electron chi connectivity index (χ4n) is 3.42. The number of rotatable bonds is 6. The average Bonchev–Trinajstić information content (AvgIpc) is 2.72. The van der Waals surface area contributed by atoms with E-state index in [4.69, 9.17) is 9.47 Å². The van der Waals surface area contributed by atoms with Crippen LogP contribution in [0.4, 0.5) is 18.9 Å². The van der Waals surface area contributed by atoms with Gasteiger partial charge in [0, 0.05) is 23.6 Å². The average molecular weight is 489 g/mol. The van der Waals surface area contributed by atoms with E-state index < -0.39 is 18.0 Å². The van der Waals surface area contributed by atoms with E-state index in [0.29, 0.717) is 11.3 Å². The molecule has 1 N–H and O–H groups in total. The van der Waals surface area contributed by atoms with Gasteiger partial charge in [0.25, 0.3) is 5.91 Å². The van der Waals surface area contributed by atoms with Gasteiger partial charge in [-0.05, 0) is 60.7 Å². The number of aromatic nitrogens is 1. The van der Waals surface area contributed by atoms with Gasteiger partial charge in [0.1, 0.15) is 11.5 Å². The van der Waals surface area contributed by atoms with Crippen LogP contribution in [-0.2, 0) is 5.41 Å². The molecule has 6 nitrogen and oxygen atoms in total. The summed E-state index contributed by atoms with van der Waals surface area (Å²) in [5.41, 5.74) is 2.92. The molecule has 0 bridgehead atoms. The Morgan fingerprint density at radius 1 is 0.943 bits per heavy atom. The summed E-state index contributed by atoms with van der Waals surface area (Å²) in [4.78, 5) is 17.4. The van der Waals surface area contributed by atoms with Gasteiger partial charge in [0.2, 0.25) is 0 Å². The number of alkyl halides is 3. The summed E-state index contributed by atoms with van der Waals surface area (Å²) >= 11 is 0. The van der Waals surface area contributed by atoms with E-state index in [1.54, 1.807) is 31.3 Å². The highest BCUT2D eigenvalue weighted by molar-refractivity contribution is 6.07. The third kappa shape index (κ3) is 6.65. The Kier molecular flexibility index (Phi) is 7.28. The van der Waals surface area contributed by atoms with E-state index >= 15 is 0 Å². The van der Waals surface area contributed by atoms with Crippen molar-refractivity contribution in [2.75, 3.05) is 12.4 Å². The molecule has 0 aliphatic rings. The molecular weight excluding hydrogens is 461 g/mol. The first-order valence-electron chi connectivity index (χ1n) is 10.8. The monoisotopic (exact) mass is 488 g/mol. The number of hydrogen-bond acceptors (Lipinski definition) is 5.